The first-order chi connectivity index (χ1) is 13.6. The average Bonchev–Trinajstić information content (AvgIpc) is 2.70. The topological polar surface area (TPSA) is 76.7 Å². The Hall–Kier alpha value is -3.02. The molecule has 2 amide bonds. The number of anilines is 1. The fourth-order valence-electron chi connectivity index (χ4n) is 2.65. The molecule has 0 aliphatic carbocycles. The maximum absolute atomic E-state index is 12.7. The zero-order valence-corrected chi connectivity index (χ0v) is 16.7. The van der Waals surface area contributed by atoms with Crippen molar-refractivity contribution in [1.29, 1.82) is 0 Å². The van der Waals surface area contributed by atoms with Crippen LogP contribution in [0, 0.1) is 0 Å². The first kappa shape index (κ1) is 21.3. The Morgan fingerprint density at radius 1 is 0.893 bits per heavy atom. The highest BCUT2D eigenvalue weighted by Gasteiger charge is 2.15. The molecule has 0 saturated carbocycles. The van der Waals surface area contributed by atoms with Gasteiger partial charge in [-0.15, -0.1) is 0 Å². The van der Waals surface area contributed by atoms with E-state index in [1.807, 2.05) is 13.8 Å². The van der Waals surface area contributed by atoms with Crippen molar-refractivity contribution >= 4 is 17.5 Å². The van der Waals surface area contributed by atoms with E-state index in [4.69, 9.17) is 9.47 Å². The summed E-state index contributed by atoms with van der Waals surface area (Å²) >= 11 is 0. The Labute approximate surface area is 166 Å². The average molecular weight is 384 g/mol. The lowest BCUT2D eigenvalue weighted by Crippen LogP contribution is -2.26. The van der Waals surface area contributed by atoms with Crippen LogP contribution in [0.4, 0.5) is 5.69 Å². The van der Waals surface area contributed by atoms with Gasteiger partial charge in [0.1, 0.15) is 0 Å². The standard InChI is InChI=1S/C22H28N2O4/c1-4-7-14-23-22(26)17-10-8-9-11-18(17)24-21(25)16-12-13-19(27-5-2)20(15-16)28-6-3/h8-13,15H,4-7,14H2,1-3H3,(H,23,26)(H,24,25). The number of unbranched alkanes of at least 4 members (excludes halogenated alkanes) is 1. The molecule has 0 bridgehead atoms. The molecule has 0 unspecified atom stereocenters. The zero-order chi connectivity index (χ0) is 20.4. The fourth-order valence-corrected chi connectivity index (χ4v) is 2.65. The Balaban J connectivity index is 2.19. The van der Waals surface area contributed by atoms with Gasteiger partial charge in [-0.25, -0.2) is 0 Å². The highest BCUT2D eigenvalue weighted by molar-refractivity contribution is 6.09. The van der Waals surface area contributed by atoms with Gasteiger partial charge in [0.2, 0.25) is 0 Å². The monoisotopic (exact) mass is 384 g/mol. The van der Waals surface area contributed by atoms with Crippen LogP contribution in [0.3, 0.4) is 0 Å². The van der Waals surface area contributed by atoms with Gasteiger partial charge >= 0.3 is 0 Å². The van der Waals surface area contributed by atoms with Crippen molar-refractivity contribution in [3.63, 3.8) is 0 Å². The molecule has 0 fully saturated rings. The predicted octanol–water partition coefficient (Wildman–Crippen LogP) is 4.27. The summed E-state index contributed by atoms with van der Waals surface area (Å²) in [5.41, 5.74) is 1.32. The summed E-state index contributed by atoms with van der Waals surface area (Å²) in [5.74, 6) is 0.586. The van der Waals surface area contributed by atoms with E-state index < -0.39 is 0 Å². The van der Waals surface area contributed by atoms with Gasteiger partial charge in [-0.05, 0) is 50.6 Å². The predicted molar refractivity (Wildman–Crippen MR) is 110 cm³/mol. The lowest BCUT2D eigenvalue weighted by Gasteiger charge is -2.14. The summed E-state index contributed by atoms with van der Waals surface area (Å²) < 4.78 is 11.1. The third-order valence-corrected chi connectivity index (χ3v) is 4.04. The number of carbonyl (C=O) groups excluding carboxylic acids is 2. The molecule has 0 radical (unpaired) electrons. The summed E-state index contributed by atoms with van der Waals surface area (Å²) in [4.78, 5) is 25.2. The SMILES string of the molecule is CCCCNC(=O)c1ccccc1NC(=O)c1ccc(OCC)c(OCC)c1. The molecule has 0 atom stereocenters. The molecule has 2 rings (SSSR count). The van der Waals surface area contributed by atoms with Crippen molar-refractivity contribution < 1.29 is 19.1 Å². The number of nitrogens with one attached hydrogen (secondary N) is 2. The van der Waals surface area contributed by atoms with Crippen molar-refractivity contribution in [2.24, 2.45) is 0 Å². The minimum Gasteiger partial charge on any atom is -0.490 e. The lowest BCUT2D eigenvalue weighted by molar-refractivity contribution is 0.0954. The van der Waals surface area contributed by atoms with Crippen LogP contribution in [0.2, 0.25) is 0 Å². The van der Waals surface area contributed by atoms with E-state index >= 15 is 0 Å². The third kappa shape index (κ3) is 5.74. The van der Waals surface area contributed by atoms with E-state index in [1.165, 1.54) is 0 Å². The number of ether oxygens (including phenoxy) is 2. The molecule has 150 valence electrons. The molecule has 0 saturated heterocycles. The normalized spacial score (nSPS) is 10.2. The second-order valence-electron chi connectivity index (χ2n) is 6.14. The molecule has 2 N–H and O–H groups in total. The molecule has 2 aromatic rings. The van der Waals surface area contributed by atoms with Gasteiger partial charge in [-0.2, -0.15) is 0 Å². The van der Waals surface area contributed by atoms with Gasteiger partial charge in [-0.3, -0.25) is 9.59 Å². The van der Waals surface area contributed by atoms with E-state index in [2.05, 4.69) is 17.6 Å². The summed E-state index contributed by atoms with van der Waals surface area (Å²) in [6.45, 7) is 7.40. The molecule has 2 aromatic carbocycles. The Bertz CT molecular complexity index is 805. The maximum Gasteiger partial charge on any atom is 0.255 e. The molecular weight excluding hydrogens is 356 g/mol. The van der Waals surface area contributed by atoms with Crippen molar-refractivity contribution in [3.8, 4) is 11.5 Å². The van der Waals surface area contributed by atoms with Gasteiger partial charge < -0.3 is 20.1 Å². The van der Waals surface area contributed by atoms with Gasteiger partial charge in [0.05, 0.1) is 24.5 Å². The van der Waals surface area contributed by atoms with Crippen LogP contribution in [-0.2, 0) is 0 Å². The first-order valence-corrected chi connectivity index (χ1v) is 9.68. The number of carbonyl (C=O) groups is 2. The van der Waals surface area contributed by atoms with Crippen LogP contribution in [-0.4, -0.2) is 31.6 Å². The van der Waals surface area contributed by atoms with Crippen molar-refractivity contribution in [2.45, 2.75) is 33.6 Å². The summed E-state index contributed by atoms with van der Waals surface area (Å²) in [6.07, 6.45) is 1.91. The van der Waals surface area contributed by atoms with Crippen LogP contribution in [0.15, 0.2) is 42.5 Å². The third-order valence-electron chi connectivity index (χ3n) is 4.04. The second-order valence-corrected chi connectivity index (χ2v) is 6.14. The number of hydrogen-bond acceptors (Lipinski definition) is 4. The van der Waals surface area contributed by atoms with Gasteiger partial charge in [0.25, 0.3) is 11.8 Å². The first-order valence-electron chi connectivity index (χ1n) is 9.68. The molecule has 0 heterocycles. The largest absolute Gasteiger partial charge is 0.490 e. The summed E-state index contributed by atoms with van der Waals surface area (Å²) in [5, 5.41) is 5.70. The highest BCUT2D eigenvalue weighted by atomic mass is 16.5. The summed E-state index contributed by atoms with van der Waals surface area (Å²) in [7, 11) is 0. The van der Waals surface area contributed by atoms with Crippen molar-refractivity contribution in [1.82, 2.24) is 5.32 Å². The maximum atomic E-state index is 12.7. The number of amides is 2. The number of hydrogen-bond donors (Lipinski definition) is 2. The van der Waals surface area contributed by atoms with Crippen LogP contribution in [0.25, 0.3) is 0 Å². The van der Waals surface area contributed by atoms with Gasteiger partial charge in [0.15, 0.2) is 11.5 Å². The molecule has 0 aliphatic heterocycles. The molecule has 6 heteroatoms. The Kier molecular flexibility index (Phi) is 8.34. The highest BCUT2D eigenvalue weighted by Crippen LogP contribution is 2.29. The van der Waals surface area contributed by atoms with Crippen LogP contribution in [0.5, 0.6) is 11.5 Å². The van der Waals surface area contributed by atoms with Gasteiger partial charge in [-0.1, -0.05) is 25.5 Å². The van der Waals surface area contributed by atoms with E-state index in [9.17, 15) is 9.59 Å². The minimum atomic E-state index is -0.321. The van der Waals surface area contributed by atoms with Crippen LogP contribution < -0.4 is 20.1 Å². The number of para-hydroxylation sites is 1. The molecule has 0 aliphatic rings. The smallest absolute Gasteiger partial charge is 0.255 e. The molecule has 28 heavy (non-hydrogen) atoms. The lowest BCUT2D eigenvalue weighted by atomic mass is 10.1. The van der Waals surface area contributed by atoms with E-state index in [0.29, 0.717) is 48.1 Å². The Morgan fingerprint density at radius 3 is 2.32 bits per heavy atom. The van der Waals surface area contributed by atoms with Crippen molar-refractivity contribution in [3.05, 3.63) is 53.6 Å². The second kappa shape index (κ2) is 11.0. The molecule has 6 nitrogen and oxygen atoms in total. The zero-order valence-electron chi connectivity index (χ0n) is 16.7. The number of benzene rings is 2. The molecular formula is C22H28N2O4. The van der Waals surface area contributed by atoms with E-state index in [0.717, 1.165) is 12.8 Å². The van der Waals surface area contributed by atoms with E-state index in [-0.39, 0.29) is 11.8 Å². The molecule has 0 aromatic heterocycles. The fraction of sp³-hybridized carbons (Fsp3) is 0.364. The quantitative estimate of drug-likeness (QED) is 0.600. The van der Waals surface area contributed by atoms with Crippen molar-refractivity contribution in [2.75, 3.05) is 25.1 Å². The molecule has 0 spiro atoms. The van der Waals surface area contributed by atoms with E-state index in [1.54, 1.807) is 42.5 Å². The van der Waals surface area contributed by atoms with Gasteiger partial charge in [0, 0.05) is 12.1 Å². The van der Waals surface area contributed by atoms with Crippen LogP contribution >= 0.6 is 0 Å². The minimum absolute atomic E-state index is 0.203. The van der Waals surface area contributed by atoms with Crippen LogP contribution in [0.1, 0.15) is 54.3 Å². The number of rotatable bonds is 10. The summed E-state index contributed by atoms with van der Waals surface area (Å²) in [6, 6.07) is 12.0. The Morgan fingerprint density at radius 2 is 1.61 bits per heavy atom.